The van der Waals surface area contributed by atoms with Crippen molar-refractivity contribution in [1.82, 2.24) is 14.5 Å². The van der Waals surface area contributed by atoms with Crippen LogP contribution in [0.25, 0.3) is 10.9 Å². The molecule has 3 saturated heterocycles. The molecule has 3 aliphatic rings. The highest BCUT2D eigenvalue weighted by atomic mass is 19.4. The van der Waals surface area contributed by atoms with E-state index in [4.69, 9.17) is 4.74 Å². The van der Waals surface area contributed by atoms with E-state index in [0.29, 0.717) is 17.0 Å². The zero-order chi connectivity index (χ0) is 27.9. The number of hydrogen-bond acceptors (Lipinski definition) is 8. The Morgan fingerprint density at radius 2 is 1.92 bits per heavy atom. The van der Waals surface area contributed by atoms with Gasteiger partial charge in [-0.1, -0.05) is 12.1 Å². The number of carbonyl (C=O) groups is 2. The molecule has 13 heteroatoms. The summed E-state index contributed by atoms with van der Waals surface area (Å²) in [7, 11) is 0. The molecule has 3 aromatic rings. The maximum atomic E-state index is 13.8. The third-order valence-corrected chi connectivity index (χ3v) is 8.12. The lowest BCUT2D eigenvalue weighted by Crippen LogP contribution is -2.49. The van der Waals surface area contributed by atoms with Gasteiger partial charge in [0.15, 0.2) is 5.69 Å². The second-order valence-electron chi connectivity index (χ2n) is 10.2. The van der Waals surface area contributed by atoms with Crippen LogP contribution in [0.1, 0.15) is 31.0 Å². The predicted octanol–water partition coefficient (Wildman–Crippen LogP) is 2.17. The van der Waals surface area contributed by atoms with Crippen molar-refractivity contribution in [2.24, 2.45) is 11.8 Å². The molecule has 0 aliphatic carbocycles. The number of ether oxygens (including phenoxy) is 1. The topological polar surface area (TPSA) is 138 Å². The number of hydrogen-bond donors (Lipinski definition) is 1. The number of nitrogens with zero attached hydrogens (tertiary/aromatic N) is 5. The van der Waals surface area contributed by atoms with Crippen LogP contribution in [0, 0.1) is 23.2 Å². The van der Waals surface area contributed by atoms with Crippen LogP contribution >= 0.6 is 0 Å². The number of fused-ring (bicyclic) bond motifs is 6. The number of benzene rings is 1. The second-order valence-corrected chi connectivity index (χ2v) is 10.2. The smallest absolute Gasteiger partial charge is 0.390 e. The van der Waals surface area contributed by atoms with Crippen LogP contribution in [0.4, 0.5) is 19.0 Å². The normalized spacial score (nSPS) is 29.7. The molecule has 5 unspecified atom stereocenters. The Hall–Kier alpha value is -4.15. The first-order valence-electron chi connectivity index (χ1n) is 12.1. The van der Waals surface area contributed by atoms with E-state index in [-0.39, 0.29) is 30.8 Å². The van der Waals surface area contributed by atoms with Crippen molar-refractivity contribution in [3.8, 4) is 6.07 Å². The molecule has 6 rings (SSSR count). The van der Waals surface area contributed by atoms with Crippen molar-refractivity contribution >= 4 is 28.5 Å². The zero-order valence-corrected chi connectivity index (χ0v) is 20.3. The van der Waals surface area contributed by atoms with Crippen LogP contribution in [0.2, 0.25) is 0 Å². The van der Waals surface area contributed by atoms with Gasteiger partial charge in [0.2, 0.25) is 11.8 Å². The van der Waals surface area contributed by atoms with Crippen LogP contribution < -0.4 is 10.5 Å². The first-order valence-corrected chi connectivity index (χ1v) is 12.1. The number of nitriles is 1. The summed E-state index contributed by atoms with van der Waals surface area (Å²) in [6.07, 6.45) is -5.15. The number of para-hydroxylation sites is 1. The van der Waals surface area contributed by atoms with Crippen molar-refractivity contribution in [3.63, 3.8) is 0 Å². The highest BCUT2D eigenvalue weighted by Gasteiger charge is 2.77. The summed E-state index contributed by atoms with van der Waals surface area (Å²) >= 11 is 0. The van der Waals surface area contributed by atoms with Gasteiger partial charge >= 0.3 is 6.18 Å². The van der Waals surface area contributed by atoms with Crippen molar-refractivity contribution in [1.29, 1.82) is 5.26 Å². The van der Waals surface area contributed by atoms with Crippen LogP contribution in [0.5, 0.6) is 0 Å². The number of imide groups is 1. The molecule has 3 aliphatic heterocycles. The first kappa shape index (κ1) is 25.1. The number of aromatic nitrogens is 3. The van der Waals surface area contributed by atoms with Crippen molar-refractivity contribution in [3.05, 3.63) is 64.3 Å². The molecule has 10 nitrogen and oxygen atoms in total. The third-order valence-electron chi connectivity index (χ3n) is 8.12. The average Bonchev–Trinajstić information content (AvgIpc) is 3.43. The van der Waals surface area contributed by atoms with E-state index in [9.17, 15) is 37.9 Å². The molecular formula is C26H20F3N5O5. The van der Waals surface area contributed by atoms with Crippen molar-refractivity contribution in [2.75, 3.05) is 4.90 Å². The number of aliphatic hydroxyl groups is 1. The fourth-order valence-electron chi connectivity index (χ4n) is 6.26. The van der Waals surface area contributed by atoms with Gasteiger partial charge in [0.25, 0.3) is 5.56 Å². The largest absolute Gasteiger partial charge is 0.433 e. The number of aryl methyl sites for hydroxylation is 1. The number of halogens is 3. The fraction of sp³-hybridized carbons (Fsp3) is 0.385. The molecule has 5 atom stereocenters. The van der Waals surface area contributed by atoms with E-state index in [1.165, 1.54) is 6.07 Å². The van der Waals surface area contributed by atoms with Gasteiger partial charge in [0.05, 0.1) is 40.9 Å². The number of pyridine rings is 1. The van der Waals surface area contributed by atoms with E-state index in [1.54, 1.807) is 31.2 Å². The lowest BCUT2D eigenvalue weighted by atomic mass is 9.66. The number of amides is 2. The van der Waals surface area contributed by atoms with Gasteiger partial charge in [0, 0.05) is 24.4 Å². The lowest BCUT2D eigenvalue weighted by molar-refractivity contribution is -0.141. The van der Waals surface area contributed by atoms with Crippen LogP contribution in [0.15, 0.2) is 47.5 Å². The lowest BCUT2D eigenvalue weighted by Gasteiger charge is -2.33. The summed E-state index contributed by atoms with van der Waals surface area (Å²) < 4.78 is 45.9. The molecule has 39 heavy (non-hydrogen) atoms. The Morgan fingerprint density at radius 1 is 1.18 bits per heavy atom. The van der Waals surface area contributed by atoms with Gasteiger partial charge in [0.1, 0.15) is 17.5 Å². The molecule has 0 radical (unpaired) electrons. The summed E-state index contributed by atoms with van der Waals surface area (Å²) in [5.41, 5.74) is -4.41. The average molecular weight is 539 g/mol. The van der Waals surface area contributed by atoms with E-state index in [0.717, 1.165) is 15.8 Å². The zero-order valence-electron chi connectivity index (χ0n) is 20.3. The number of alkyl halides is 3. The summed E-state index contributed by atoms with van der Waals surface area (Å²) in [4.78, 5) is 48.5. The minimum absolute atomic E-state index is 0.00985. The van der Waals surface area contributed by atoms with Gasteiger partial charge in [-0.2, -0.15) is 18.4 Å². The Bertz CT molecular complexity index is 1670. The SMILES string of the molecule is CC12OC(CCn3cnc(C(F)(F)F)cc3=O)(CC1O)C1C(=O)N(c3ccc4cccc(C#N)c4n3)C(=O)C12. The molecule has 2 aromatic heterocycles. The van der Waals surface area contributed by atoms with Gasteiger partial charge in [-0.05, 0) is 31.5 Å². The number of rotatable bonds is 4. The minimum Gasteiger partial charge on any atom is -0.390 e. The van der Waals surface area contributed by atoms with E-state index >= 15 is 0 Å². The highest BCUT2D eigenvalue weighted by molar-refractivity contribution is 6.23. The number of carbonyl (C=O) groups excluding carboxylic acids is 2. The highest BCUT2D eigenvalue weighted by Crippen LogP contribution is 2.62. The molecule has 2 bridgehead atoms. The molecule has 2 amide bonds. The Balaban J connectivity index is 1.35. The molecule has 200 valence electrons. The summed E-state index contributed by atoms with van der Waals surface area (Å²) in [5.74, 6) is -3.23. The summed E-state index contributed by atoms with van der Waals surface area (Å²) in [6, 6.07) is 10.6. The standard InChI is InChI=1S/C26H20F3N5O5/c1-24-16(35)10-25(39-24,7-8-33-12-31-15(9-18(33)36)26(27,28)29)20-19(24)22(37)34(23(20)38)17-6-5-13-3-2-4-14(11-30)21(13)32-17/h2-6,9,12,16,19-20,35H,7-8,10H2,1H3. The van der Waals surface area contributed by atoms with E-state index < -0.39 is 58.4 Å². The van der Waals surface area contributed by atoms with Gasteiger partial charge in [-0.25, -0.2) is 14.9 Å². The first-order chi connectivity index (χ1) is 18.4. The Labute approximate surface area is 218 Å². The molecule has 5 heterocycles. The second kappa shape index (κ2) is 8.17. The van der Waals surface area contributed by atoms with Crippen LogP contribution in [-0.2, 0) is 27.0 Å². The van der Waals surface area contributed by atoms with E-state index in [1.807, 2.05) is 6.07 Å². The summed E-state index contributed by atoms with van der Waals surface area (Å²) in [5, 5.41) is 21.0. The monoisotopic (exact) mass is 539 g/mol. The van der Waals surface area contributed by atoms with Gasteiger partial charge in [-0.3, -0.25) is 19.0 Å². The van der Waals surface area contributed by atoms with Crippen molar-refractivity contribution < 1.29 is 32.6 Å². The Morgan fingerprint density at radius 3 is 2.62 bits per heavy atom. The van der Waals surface area contributed by atoms with Crippen LogP contribution in [0.3, 0.4) is 0 Å². The molecule has 0 saturated carbocycles. The summed E-state index contributed by atoms with van der Waals surface area (Å²) in [6.45, 7) is 1.39. The van der Waals surface area contributed by atoms with E-state index in [2.05, 4.69) is 9.97 Å². The quantitative estimate of drug-likeness (QED) is 0.498. The third kappa shape index (κ3) is 3.51. The molecular weight excluding hydrogens is 519 g/mol. The molecule has 1 aromatic carbocycles. The maximum Gasteiger partial charge on any atom is 0.433 e. The van der Waals surface area contributed by atoms with Gasteiger partial charge in [-0.15, -0.1) is 0 Å². The molecule has 1 N–H and O–H groups in total. The van der Waals surface area contributed by atoms with Crippen molar-refractivity contribution in [2.45, 2.75) is 49.8 Å². The molecule has 0 spiro atoms. The Kier molecular flexibility index (Phi) is 5.27. The fourth-order valence-corrected chi connectivity index (χ4v) is 6.26. The number of aliphatic hydroxyl groups excluding tert-OH is 1. The minimum atomic E-state index is -4.78. The predicted molar refractivity (Wildman–Crippen MR) is 127 cm³/mol. The molecule has 3 fully saturated rings. The maximum absolute atomic E-state index is 13.8. The van der Waals surface area contributed by atoms with Gasteiger partial charge < -0.3 is 9.84 Å². The van der Waals surface area contributed by atoms with Crippen LogP contribution in [-0.4, -0.2) is 48.8 Å². The number of anilines is 1.